The molecule has 1 aliphatic carbocycles. The summed E-state index contributed by atoms with van der Waals surface area (Å²) in [6.45, 7) is 0. The van der Waals surface area contributed by atoms with Crippen LogP contribution in [0.25, 0.3) is 0 Å². The monoisotopic (exact) mass is 325 g/mol. The Morgan fingerprint density at radius 2 is 2.00 bits per heavy atom. The van der Waals surface area contributed by atoms with E-state index in [0.717, 1.165) is 11.3 Å². The Morgan fingerprint density at radius 3 is 2.62 bits per heavy atom. The van der Waals surface area contributed by atoms with Gasteiger partial charge in [0.1, 0.15) is 0 Å². The maximum Gasteiger partial charge on any atom is 0.310 e. The van der Waals surface area contributed by atoms with Crippen molar-refractivity contribution in [2.75, 3.05) is 5.75 Å². The molecular formula is C15H16ClNO3S. The lowest BCUT2D eigenvalue weighted by Crippen LogP contribution is -2.34. The largest absolute Gasteiger partial charge is 0.481 e. The fourth-order valence-electron chi connectivity index (χ4n) is 2.08. The van der Waals surface area contributed by atoms with Crippen LogP contribution < -0.4 is 5.32 Å². The zero-order chi connectivity index (χ0) is 15.2. The van der Waals surface area contributed by atoms with Crippen molar-refractivity contribution in [3.8, 4) is 0 Å². The van der Waals surface area contributed by atoms with Crippen molar-refractivity contribution in [1.82, 2.24) is 5.32 Å². The number of carboxylic acids is 1. The van der Waals surface area contributed by atoms with Gasteiger partial charge >= 0.3 is 5.97 Å². The van der Waals surface area contributed by atoms with Crippen LogP contribution in [0.3, 0.4) is 0 Å². The molecule has 1 aromatic carbocycles. The van der Waals surface area contributed by atoms with Crippen LogP contribution in [0.2, 0.25) is 5.02 Å². The van der Waals surface area contributed by atoms with E-state index in [1.165, 1.54) is 11.8 Å². The summed E-state index contributed by atoms with van der Waals surface area (Å²) in [4.78, 5) is 22.6. The van der Waals surface area contributed by atoms with E-state index in [-0.39, 0.29) is 11.9 Å². The van der Waals surface area contributed by atoms with E-state index in [4.69, 9.17) is 16.7 Å². The summed E-state index contributed by atoms with van der Waals surface area (Å²) >= 11 is 7.32. The summed E-state index contributed by atoms with van der Waals surface area (Å²) in [7, 11) is 0. The van der Waals surface area contributed by atoms with Gasteiger partial charge in [-0.25, -0.2) is 0 Å². The summed E-state index contributed by atoms with van der Waals surface area (Å²) in [5.74, 6) is -0.320. The molecule has 2 atom stereocenters. The van der Waals surface area contributed by atoms with Gasteiger partial charge < -0.3 is 10.4 Å². The minimum Gasteiger partial charge on any atom is -0.481 e. The predicted octanol–water partition coefficient (Wildman–Crippen LogP) is 2.72. The van der Waals surface area contributed by atoms with Gasteiger partial charge in [-0.15, -0.1) is 11.8 Å². The first-order valence-corrected chi connectivity index (χ1v) is 8.10. The molecule has 0 heterocycles. The topological polar surface area (TPSA) is 66.4 Å². The van der Waals surface area contributed by atoms with Crippen molar-refractivity contribution in [2.45, 2.75) is 18.2 Å². The number of carboxylic acid groups (broad SMARTS) is 1. The molecule has 0 saturated carbocycles. The lowest BCUT2D eigenvalue weighted by molar-refractivity contribution is -0.140. The van der Waals surface area contributed by atoms with Crippen molar-refractivity contribution in [3.63, 3.8) is 0 Å². The maximum absolute atomic E-state index is 11.8. The minimum atomic E-state index is -0.847. The first-order chi connectivity index (χ1) is 10.0. The van der Waals surface area contributed by atoms with Crippen molar-refractivity contribution in [3.05, 3.63) is 47.0 Å². The highest BCUT2D eigenvalue weighted by Gasteiger charge is 2.25. The minimum absolute atomic E-state index is 0.0744. The van der Waals surface area contributed by atoms with Crippen LogP contribution in [0.1, 0.15) is 12.0 Å². The van der Waals surface area contributed by atoms with Gasteiger partial charge in [-0.1, -0.05) is 35.9 Å². The van der Waals surface area contributed by atoms with E-state index < -0.39 is 11.9 Å². The van der Waals surface area contributed by atoms with E-state index in [1.807, 2.05) is 24.3 Å². The zero-order valence-electron chi connectivity index (χ0n) is 11.3. The van der Waals surface area contributed by atoms with Gasteiger partial charge in [0.2, 0.25) is 5.91 Å². The van der Waals surface area contributed by atoms with Gasteiger partial charge in [0.15, 0.2) is 0 Å². The number of carbonyl (C=O) groups is 2. The van der Waals surface area contributed by atoms with E-state index in [1.54, 1.807) is 12.2 Å². The standard InChI is InChI=1S/C15H16ClNO3S/c16-12-4-1-10(2-5-12)8-21-9-14(18)17-13-6-3-11(7-13)15(19)20/h1-6,11,13H,7-9H2,(H,17,18)(H,19,20). The fraction of sp³-hybridized carbons (Fsp3) is 0.333. The number of benzene rings is 1. The van der Waals surface area contributed by atoms with Gasteiger partial charge in [0.25, 0.3) is 0 Å². The maximum atomic E-state index is 11.8. The number of aliphatic carboxylic acids is 1. The molecule has 0 aromatic heterocycles. The molecule has 21 heavy (non-hydrogen) atoms. The normalized spacial score (nSPS) is 20.4. The number of hydrogen-bond donors (Lipinski definition) is 2. The molecule has 2 rings (SSSR count). The fourth-order valence-corrected chi connectivity index (χ4v) is 3.00. The van der Waals surface area contributed by atoms with Crippen molar-refractivity contribution in [2.24, 2.45) is 5.92 Å². The number of nitrogens with one attached hydrogen (secondary N) is 1. The van der Waals surface area contributed by atoms with Gasteiger partial charge in [0, 0.05) is 16.8 Å². The van der Waals surface area contributed by atoms with Gasteiger partial charge in [-0.05, 0) is 24.1 Å². The lowest BCUT2D eigenvalue weighted by atomic mass is 10.1. The number of thioether (sulfide) groups is 1. The highest BCUT2D eigenvalue weighted by molar-refractivity contribution is 7.99. The van der Waals surface area contributed by atoms with E-state index in [9.17, 15) is 9.59 Å². The second-order valence-corrected chi connectivity index (χ2v) is 6.28. The third-order valence-electron chi connectivity index (χ3n) is 3.16. The molecule has 6 heteroatoms. The Bertz CT molecular complexity index is 544. The van der Waals surface area contributed by atoms with E-state index in [2.05, 4.69) is 5.32 Å². The molecule has 2 N–H and O–H groups in total. The van der Waals surface area contributed by atoms with Gasteiger partial charge in [-0.2, -0.15) is 0 Å². The average Bonchev–Trinajstić information content (AvgIpc) is 2.90. The van der Waals surface area contributed by atoms with E-state index >= 15 is 0 Å². The molecule has 1 aromatic rings. The highest BCUT2D eigenvalue weighted by Crippen LogP contribution is 2.19. The average molecular weight is 326 g/mol. The zero-order valence-corrected chi connectivity index (χ0v) is 12.9. The highest BCUT2D eigenvalue weighted by atomic mass is 35.5. The first kappa shape index (κ1) is 15.9. The van der Waals surface area contributed by atoms with Crippen LogP contribution in [-0.4, -0.2) is 28.8 Å². The Hall–Kier alpha value is -1.46. The molecule has 4 nitrogen and oxygen atoms in total. The van der Waals surface area contributed by atoms with E-state index in [0.29, 0.717) is 17.2 Å². The van der Waals surface area contributed by atoms with Crippen molar-refractivity contribution >= 4 is 35.2 Å². The lowest BCUT2D eigenvalue weighted by Gasteiger charge is -2.12. The van der Waals surface area contributed by atoms with Crippen LogP contribution in [-0.2, 0) is 15.3 Å². The van der Waals surface area contributed by atoms with Crippen molar-refractivity contribution in [1.29, 1.82) is 0 Å². The van der Waals surface area contributed by atoms with Crippen LogP contribution in [0.4, 0.5) is 0 Å². The molecule has 2 unspecified atom stereocenters. The quantitative estimate of drug-likeness (QED) is 0.789. The van der Waals surface area contributed by atoms with Crippen molar-refractivity contribution < 1.29 is 14.7 Å². The molecule has 1 aliphatic rings. The Morgan fingerprint density at radius 1 is 1.29 bits per heavy atom. The van der Waals surface area contributed by atoms with Crippen LogP contribution in [0.5, 0.6) is 0 Å². The molecule has 0 fully saturated rings. The molecular weight excluding hydrogens is 310 g/mol. The SMILES string of the molecule is O=C(CSCc1ccc(Cl)cc1)NC1C=CC(C(=O)O)C1. The molecule has 1 amide bonds. The molecule has 112 valence electrons. The van der Waals surface area contributed by atoms with Crippen LogP contribution >= 0.6 is 23.4 Å². The number of halogens is 1. The Balaban J connectivity index is 1.67. The third kappa shape index (κ3) is 5.10. The molecule has 0 radical (unpaired) electrons. The van der Waals surface area contributed by atoms with Crippen LogP contribution in [0.15, 0.2) is 36.4 Å². The number of amides is 1. The molecule has 0 bridgehead atoms. The molecule has 0 spiro atoms. The summed E-state index contributed by atoms with van der Waals surface area (Å²) in [5.41, 5.74) is 1.11. The summed E-state index contributed by atoms with van der Waals surface area (Å²) < 4.78 is 0. The third-order valence-corrected chi connectivity index (χ3v) is 4.42. The van der Waals surface area contributed by atoms with Gasteiger partial charge in [-0.3, -0.25) is 9.59 Å². The second-order valence-electron chi connectivity index (χ2n) is 4.86. The Labute approximate surface area is 132 Å². The number of rotatable bonds is 6. The first-order valence-electron chi connectivity index (χ1n) is 6.57. The van der Waals surface area contributed by atoms with Gasteiger partial charge in [0.05, 0.1) is 11.7 Å². The molecule has 0 saturated heterocycles. The van der Waals surface area contributed by atoms with Crippen LogP contribution in [0, 0.1) is 5.92 Å². The second kappa shape index (κ2) is 7.52. The smallest absolute Gasteiger partial charge is 0.310 e. The summed E-state index contributed by atoms with van der Waals surface area (Å²) in [5, 5.41) is 12.4. The number of carbonyl (C=O) groups excluding carboxylic acids is 1. The summed E-state index contributed by atoms with van der Waals surface area (Å²) in [6, 6.07) is 7.35. The Kier molecular flexibility index (Phi) is 5.70. The summed E-state index contributed by atoms with van der Waals surface area (Å²) in [6.07, 6.45) is 3.82. The number of hydrogen-bond acceptors (Lipinski definition) is 3. The predicted molar refractivity (Wildman–Crippen MR) is 84.4 cm³/mol. The molecule has 0 aliphatic heterocycles.